The lowest BCUT2D eigenvalue weighted by molar-refractivity contribution is -0.146. The van der Waals surface area contributed by atoms with Crippen molar-refractivity contribution in [2.24, 2.45) is 0 Å². The molecule has 250 valence electrons. The smallest absolute Gasteiger partial charge is 0.331 e. The molecule has 0 N–H and O–H groups in total. The maximum absolute atomic E-state index is 10.9. The number of hydrogen-bond acceptors (Lipinski definition) is 15. The minimum Gasteiger partial charge on any atom is -0.469 e. The van der Waals surface area contributed by atoms with Crippen molar-refractivity contribution in [3.63, 3.8) is 0 Å². The number of hydrogen-bond donors (Lipinski definition) is 0. The van der Waals surface area contributed by atoms with Crippen molar-refractivity contribution in [2.75, 3.05) is 160 Å². The van der Waals surface area contributed by atoms with Gasteiger partial charge >= 0.3 is 11.9 Å². The van der Waals surface area contributed by atoms with E-state index in [9.17, 15) is 9.59 Å². The molecule has 0 heterocycles. The summed E-state index contributed by atoms with van der Waals surface area (Å²) in [4.78, 5) is 21.7. The van der Waals surface area contributed by atoms with Gasteiger partial charge in [0, 0.05) is 0 Å². The molecule has 42 heavy (non-hydrogen) atoms. The summed E-state index contributed by atoms with van der Waals surface area (Å²) in [6.07, 6.45) is 0.241. The first-order valence-corrected chi connectivity index (χ1v) is 14.2. The first-order valence-electron chi connectivity index (χ1n) is 14.2. The molecular formula is C27H52O15. The van der Waals surface area contributed by atoms with E-state index in [1.165, 1.54) is 14.2 Å². The summed E-state index contributed by atoms with van der Waals surface area (Å²) >= 11 is 0. The van der Waals surface area contributed by atoms with Gasteiger partial charge in [-0.2, -0.15) is 0 Å². The topological polar surface area (TPSA) is 154 Å². The third kappa shape index (κ3) is 34.7. The fraction of sp³-hybridized carbons (Fsp3) is 0.926. The van der Waals surface area contributed by atoms with Crippen molar-refractivity contribution in [3.05, 3.63) is 0 Å². The van der Waals surface area contributed by atoms with Crippen LogP contribution in [-0.4, -0.2) is 172 Å². The molecule has 0 aliphatic rings. The second-order valence-electron chi connectivity index (χ2n) is 8.08. The lowest BCUT2D eigenvalue weighted by Gasteiger charge is -2.09. The minimum atomic E-state index is -0.411. The molecule has 0 aromatic rings. The zero-order chi connectivity index (χ0) is 30.6. The highest BCUT2D eigenvalue weighted by atomic mass is 16.6. The molecule has 0 saturated heterocycles. The molecule has 0 saturated carbocycles. The minimum absolute atomic E-state index is 0.0735. The van der Waals surface area contributed by atoms with E-state index in [-0.39, 0.29) is 19.0 Å². The maximum atomic E-state index is 10.9. The van der Waals surface area contributed by atoms with Crippen molar-refractivity contribution in [2.45, 2.75) is 6.42 Å². The van der Waals surface area contributed by atoms with Crippen LogP contribution >= 0.6 is 0 Å². The number of rotatable bonds is 35. The van der Waals surface area contributed by atoms with Gasteiger partial charge in [-0.25, -0.2) is 4.79 Å². The zero-order valence-electron chi connectivity index (χ0n) is 25.4. The molecule has 0 aromatic carbocycles. The summed E-state index contributed by atoms with van der Waals surface area (Å²) in [5.41, 5.74) is 0. The summed E-state index contributed by atoms with van der Waals surface area (Å²) in [7, 11) is 2.66. The van der Waals surface area contributed by atoms with Gasteiger partial charge < -0.3 is 61.6 Å². The third-order valence-electron chi connectivity index (χ3n) is 4.85. The van der Waals surface area contributed by atoms with Crippen LogP contribution in [0.5, 0.6) is 0 Å². The fourth-order valence-corrected chi connectivity index (χ4v) is 2.67. The van der Waals surface area contributed by atoms with E-state index >= 15 is 0 Å². The Hall–Kier alpha value is -1.50. The van der Waals surface area contributed by atoms with Crippen LogP contribution < -0.4 is 0 Å². The number of ether oxygens (including phenoxy) is 13. The highest BCUT2D eigenvalue weighted by Gasteiger charge is 2.00. The summed E-state index contributed by atoms with van der Waals surface area (Å²) in [6, 6.07) is 0. The zero-order valence-corrected chi connectivity index (χ0v) is 25.4. The van der Waals surface area contributed by atoms with Gasteiger partial charge in [-0.3, -0.25) is 4.79 Å². The fourth-order valence-electron chi connectivity index (χ4n) is 2.67. The molecule has 0 bridgehead atoms. The maximum Gasteiger partial charge on any atom is 0.331 e. The van der Waals surface area contributed by atoms with Gasteiger partial charge in [0.2, 0.25) is 0 Å². The second kappa shape index (κ2) is 35.7. The van der Waals surface area contributed by atoms with E-state index < -0.39 is 5.97 Å². The number of carbonyl (C=O) groups excluding carboxylic acids is 2. The van der Waals surface area contributed by atoms with E-state index in [4.69, 9.17) is 52.1 Å². The molecule has 15 heteroatoms. The predicted octanol–water partition coefficient (Wildman–Crippen LogP) is -0.0949. The SMILES string of the molecule is COC(=O)CCOCCOCCOCCOCCOCCOCCOCCOCCOCCOCCOCC(=O)OC. The van der Waals surface area contributed by atoms with Crippen molar-refractivity contribution < 1.29 is 71.2 Å². The van der Waals surface area contributed by atoms with Crippen molar-refractivity contribution >= 4 is 11.9 Å². The van der Waals surface area contributed by atoms with Crippen LogP contribution in [0.3, 0.4) is 0 Å². The van der Waals surface area contributed by atoms with Gasteiger partial charge in [-0.05, 0) is 0 Å². The predicted molar refractivity (Wildman–Crippen MR) is 148 cm³/mol. The summed E-state index contributed by atoms with van der Waals surface area (Å²) in [5, 5.41) is 0. The normalized spacial score (nSPS) is 11.2. The number of esters is 2. The van der Waals surface area contributed by atoms with Crippen LogP contribution in [-0.2, 0) is 71.2 Å². The van der Waals surface area contributed by atoms with Crippen LogP contribution in [0, 0.1) is 0 Å². The Bertz CT molecular complexity index is 520. The summed E-state index contributed by atoms with van der Waals surface area (Å²) < 4.78 is 67.9. The molecule has 0 amide bonds. The van der Waals surface area contributed by atoms with E-state index in [1.54, 1.807) is 0 Å². The molecule has 0 spiro atoms. The van der Waals surface area contributed by atoms with Gasteiger partial charge in [-0.1, -0.05) is 0 Å². The highest BCUT2D eigenvalue weighted by Crippen LogP contribution is 1.89. The molecule has 0 unspecified atom stereocenters. The molecule has 0 fully saturated rings. The number of carbonyl (C=O) groups is 2. The van der Waals surface area contributed by atoms with E-state index in [0.717, 1.165) is 0 Å². The molecule has 0 atom stereocenters. The van der Waals surface area contributed by atoms with Gasteiger partial charge in [-0.15, -0.1) is 0 Å². The Morgan fingerprint density at radius 1 is 0.310 bits per heavy atom. The first-order chi connectivity index (χ1) is 20.7. The molecule has 0 aliphatic carbocycles. The Morgan fingerprint density at radius 3 is 0.762 bits per heavy atom. The van der Waals surface area contributed by atoms with Gasteiger partial charge in [0.15, 0.2) is 0 Å². The van der Waals surface area contributed by atoms with Crippen molar-refractivity contribution in [1.29, 1.82) is 0 Å². The lowest BCUT2D eigenvalue weighted by Crippen LogP contribution is -2.16. The molecule has 0 rings (SSSR count). The standard InChI is InChI=1S/C27H52O15/c1-30-26(28)3-4-32-5-6-33-7-8-34-9-10-35-11-12-36-13-14-37-15-16-38-17-18-39-19-20-40-21-22-41-23-24-42-25-27(29)31-2/h3-25H2,1-2H3. The molecule has 0 aliphatic heterocycles. The molecular weight excluding hydrogens is 564 g/mol. The largest absolute Gasteiger partial charge is 0.469 e. The van der Waals surface area contributed by atoms with Crippen molar-refractivity contribution in [1.82, 2.24) is 0 Å². The van der Waals surface area contributed by atoms with Gasteiger partial charge in [0.1, 0.15) is 6.61 Å². The first kappa shape index (κ1) is 40.5. The molecule has 0 aromatic heterocycles. The highest BCUT2D eigenvalue weighted by molar-refractivity contribution is 5.70. The Morgan fingerprint density at radius 2 is 0.524 bits per heavy atom. The quantitative estimate of drug-likeness (QED) is 0.0687. The van der Waals surface area contributed by atoms with Crippen LogP contribution in [0.25, 0.3) is 0 Å². The van der Waals surface area contributed by atoms with Gasteiger partial charge in [0.05, 0.1) is 159 Å². The Kier molecular flexibility index (Phi) is 34.4. The number of methoxy groups -OCH3 is 2. The molecule has 15 nitrogen and oxygen atoms in total. The lowest BCUT2D eigenvalue weighted by atomic mass is 10.5. The monoisotopic (exact) mass is 616 g/mol. The van der Waals surface area contributed by atoms with E-state index in [0.29, 0.717) is 139 Å². The average molecular weight is 617 g/mol. The average Bonchev–Trinajstić information content (AvgIpc) is 3.00. The summed E-state index contributed by atoms with van der Waals surface area (Å²) in [6.45, 7) is 9.47. The van der Waals surface area contributed by atoms with Crippen molar-refractivity contribution in [3.8, 4) is 0 Å². The van der Waals surface area contributed by atoms with Crippen LogP contribution in [0.2, 0.25) is 0 Å². The van der Waals surface area contributed by atoms with E-state index in [1.807, 2.05) is 0 Å². The van der Waals surface area contributed by atoms with Gasteiger partial charge in [0.25, 0.3) is 0 Å². The van der Waals surface area contributed by atoms with Crippen LogP contribution in [0.15, 0.2) is 0 Å². The van der Waals surface area contributed by atoms with Crippen LogP contribution in [0.1, 0.15) is 6.42 Å². The van der Waals surface area contributed by atoms with E-state index in [2.05, 4.69) is 9.47 Å². The molecule has 0 radical (unpaired) electrons. The Balaban J connectivity index is 3.06. The third-order valence-corrected chi connectivity index (χ3v) is 4.85. The Labute approximate surface area is 249 Å². The second-order valence-corrected chi connectivity index (χ2v) is 8.08. The summed E-state index contributed by atoms with van der Waals surface area (Å²) in [5.74, 6) is -0.700. The van der Waals surface area contributed by atoms with Crippen LogP contribution in [0.4, 0.5) is 0 Å².